The zero-order chi connectivity index (χ0) is 24.3. The average Bonchev–Trinajstić information content (AvgIpc) is 2.78. The molecule has 1 aliphatic heterocycles. The first kappa shape index (κ1) is 23.9. The summed E-state index contributed by atoms with van der Waals surface area (Å²) in [5.41, 5.74) is 0.776. The van der Waals surface area contributed by atoms with Gasteiger partial charge < -0.3 is 15.0 Å². The van der Waals surface area contributed by atoms with Gasteiger partial charge in [0.15, 0.2) is 0 Å². The number of H-pyrrole nitrogens is 1. The number of nitrogens with zero attached hydrogens (tertiary/aromatic N) is 2. The highest BCUT2D eigenvalue weighted by Gasteiger charge is 2.45. The Labute approximate surface area is 200 Å². The minimum absolute atomic E-state index is 0.0982. The van der Waals surface area contributed by atoms with Crippen molar-refractivity contribution in [3.05, 3.63) is 88.5 Å². The molecule has 2 atom stereocenters. The van der Waals surface area contributed by atoms with Crippen LogP contribution in [0.4, 0.5) is 0 Å². The summed E-state index contributed by atoms with van der Waals surface area (Å²) in [7, 11) is 0. The number of hydrogen-bond acceptors (Lipinski definition) is 4. The number of benzene rings is 2. The van der Waals surface area contributed by atoms with Crippen LogP contribution in [0.25, 0.3) is 11.3 Å². The molecular weight excluding hydrogens is 426 g/mol. The zero-order valence-electron chi connectivity index (χ0n) is 20.1. The van der Waals surface area contributed by atoms with Gasteiger partial charge in [0, 0.05) is 36.6 Å². The van der Waals surface area contributed by atoms with Crippen molar-refractivity contribution < 1.29 is 9.90 Å². The normalized spacial score (nSPS) is 20.6. The topological polar surface area (TPSA) is 86.3 Å². The van der Waals surface area contributed by atoms with E-state index < -0.39 is 11.1 Å². The van der Waals surface area contributed by atoms with Gasteiger partial charge >= 0.3 is 0 Å². The Morgan fingerprint density at radius 3 is 2.41 bits per heavy atom. The molecule has 2 aromatic carbocycles. The molecule has 0 saturated carbocycles. The third-order valence-corrected chi connectivity index (χ3v) is 6.80. The average molecular weight is 460 g/mol. The maximum Gasteiger partial charge on any atom is 0.251 e. The lowest BCUT2D eigenvalue weighted by molar-refractivity contribution is -0.147. The number of amides is 1. The van der Waals surface area contributed by atoms with Crippen molar-refractivity contribution in [3.63, 3.8) is 0 Å². The Bertz CT molecular complexity index is 1190. The summed E-state index contributed by atoms with van der Waals surface area (Å²) in [5, 5.41) is 11.5. The molecule has 34 heavy (non-hydrogen) atoms. The van der Waals surface area contributed by atoms with Crippen LogP contribution in [0.1, 0.15) is 57.3 Å². The Kier molecular flexibility index (Phi) is 6.71. The molecule has 3 aromatic rings. The summed E-state index contributed by atoms with van der Waals surface area (Å²) in [6.45, 7) is 6.53. The van der Waals surface area contributed by atoms with Crippen molar-refractivity contribution in [1.82, 2.24) is 14.9 Å². The van der Waals surface area contributed by atoms with E-state index in [-0.39, 0.29) is 23.8 Å². The van der Waals surface area contributed by atoms with Gasteiger partial charge in [0.1, 0.15) is 5.82 Å². The predicted molar refractivity (Wildman–Crippen MR) is 133 cm³/mol. The standard InChI is InChI=1S/C28H33N3O3/c1-20(21-10-6-4-7-11-21)16-26(33)31-15-14-28(34,19-27(31,2)3)18-24-29-23(17-25(32)30-24)22-12-8-5-9-13-22/h4-13,17,20,34H,14-16,18-19H2,1-3H3,(H,29,30,32)/t20-,28+/m1/s1. The van der Waals surface area contributed by atoms with E-state index in [1.165, 1.54) is 6.07 Å². The molecule has 1 aliphatic rings. The van der Waals surface area contributed by atoms with Crippen molar-refractivity contribution in [2.45, 2.75) is 63.5 Å². The van der Waals surface area contributed by atoms with Gasteiger partial charge in [-0.2, -0.15) is 0 Å². The zero-order valence-corrected chi connectivity index (χ0v) is 20.1. The molecule has 0 aliphatic carbocycles. The van der Waals surface area contributed by atoms with Crippen molar-refractivity contribution in [2.75, 3.05) is 6.54 Å². The molecule has 0 bridgehead atoms. The fourth-order valence-corrected chi connectivity index (χ4v) is 5.16. The fourth-order valence-electron chi connectivity index (χ4n) is 5.16. The summed E-state index contributed by atoms with van der Waals surface area (Å²) in [6, 6.07) is 21.1. The molecular formula is C28H33N3O3. The largest absolute Gasteiger partial charge is 0.389 e. The molecule has 1 saturated heterocycles. The number of aromatic nitrogens is 2. The number of nitrogens with one attached hydrogen (secondary N) is 1. The summed E-state index contributed by atoms with van der Waals surface area (Å²) < 4.78 is 0. The highest BCUT2D eigenvalue weighted by molar-refractivity contribution is 5.78. The van der Waals surface area contributed by atoms with Crippen LogP contribution in [-0.2, 0) is 11.2 Å². The third-order valence-electron chi connectivity index (χ3n) is 6.80. The van der Waals surface area contributed by atoms with Gasteiger partial charge in [-0.15, -0.1) is 0 Å². The number of likely N-dealkylation sites (tertiary alicyclic amines) is 1. The van der Waals surface area contributed by atoms with Crippen LogP contribution >= 0.6 is 0 Å². The minimum atomic E-state index is -1.06. The van der Waals surface area contributed by atoms with Gasteiger partial charge in [-0.25, -0.2) is 4.98 Å². The van der Waals surface area contributed by atoms with Gasteiger partial charge in [0.25, 0.3) is 5.56 Å². The van der Waals surface area contributed by atoms with Crippen molar-refractivity contribution in [2.24, 2.45) is 0 Å². The van der Waals surface area contributed by atoms with E-state index in [0.29, 0.717) is 37.3 Å². The second kappa shape index (κ2) is 9.55. The predicted octanol–water partition coefficient (Wildman–Crippen LogP) is 4.31. The van der Waals surface area contributed by atoms with Crippen LogP contribution in [0.5, 0.6) is 0 Å². The number of hydrogen-bond donors (Lipinski definition) is 2. The summed E-state index contributed by atoms with van der Waals surface area (Å²) in [4.78, 5) is 34.8. The third kappa shape index (κ3) is 5.45. The number of carbonyl (C=O) groups excluding carboxylic acids is 1. The van der Waals surface area contributed by atoms with E-state index in [4.69, 9.17) is 0 Å². The monoisotopic (exact) mass is 459 g/mol. The van der Waals surface area contributed by atoms with Crippen LogP contribution in [0.15, 0.2) is 71.5 Å². The molecule has 1 aromatic heterocycles. The van der Waals surface area contributed by atoms with E-state index in [0.717, 1.165) is 11.1 Å². The molecule has 6 heteroatoms. The highest BCUT2D eigenvalue weighted by Crippen LogP contribution is 2.37. The summed E-state index contributed by atoms with van der Waals surface area (Å²) in [6.07, 6.45) is 1.50. The maximum absolute atomic E-state index is 13.2. The quantitative estimate of drug-likeness (QED) is 0.575. The van der Waals surface area contributed by atoms with Crippen LogP contribution in [0, 0.1) is 0 Å². The molecule has 4 rings (SSSR count). The fraction of sp³-hybridized carbons (Fsp3) is 0.393. The molecule has 0 radical (unpaired) electrons. The van der Waals surface area contributed by atoms with Crippen LogP contribution < -0.4 is 5.56 Å². The van der Waals surface area contributed by atoms with Crippen LogP contribution in [0.2, 0.25) is 0 Å². The smallest absolute Gasteiger partial charge is 0.251 e. The summed E-state index contributed by atoms with van der Waals surface area (Å²) >= 11 is 0. The lowest BCUT2D eigenvalue weighted by Gasteiger charge is -2.49. The molecule has 0 spiro atoms. The first-order valence-electron chi connectivity index (χ1n) is 11.9. The molecule has 0 unspecified atom stereocenters. The lowest BCUT2D eigenvalue weighted by atomic mass is 9.77. The molecule has 1 amide bonds. The van der Waals surface area contributed by atoms with Gasteiger partial charge in [-0.05, 0) is 38.2 Å². The molecule has 178 valence electrons. The van der Waals surface area contributed by atoms with Crippen LogP contribution in [-0.4, -0.2) is 43.6 Å². The van der Waals surface area contributed by atoms with Crippen molar-refractivity contribution >= 4 is 5.91 Å². The SMILES string of the molecule is C[C@H](CC(=O)N1CC[C@](O)(Cc2nc(-c3ccccc3)cc(=O)[nH]2)CC1(C)C)c1ccccc1. The molecule has 2 N–H and O–H groups in total. The first-order valence-corrected chi connectivity index (χ1v) is 11.9. The lowest BCUT2D eigenvalue weighted by Crippen LogP contribution is -2.59. The highest BCUT2D eigenvalue weighted by atomic mass is 16.3. The molecule has 6 nitrogen and oxygen atoms in total. The van der Waals surface area contributed by atoms with Gasteiger partial charge in [-0.3, -0.25) is 9.59 Å². The molecule has 2 heterocycles. The summed E-state index contributed by atoms with van der Waals surface area (Å²) in [5.74, 6) is 0.684. The van der Waals surface area contributed by atoms with Crippen molar-refractivity contribution in [3.8, 4) is 11.3 Å². The second-order valence-electron chi connectivity index (χ2n) is 10.1. The van der Waals surface area contributed by atoms with E-state index in [2.05, 4.69) is 29.0 Å². The Morgan fingerprint density at radius 1 is 1.12 bits per heavy atom. The number of rotatable bonds is 6. The van der Waals surface area contributed by atoms with Gasteiger partial charge in [0.2, 0.25) is 5.91 Å². The van der Waals surface area contributed by atoms with E-state index in [1.54, 1.807) is 0 Å². The number of piperidine rings is 1. The number of aromatic amines is 1. The Balaban J connectivity index is 1.47. The Morgan fingerprint density at radius 2 is 1.76 bits per heavy atom. The first-order chi connectivity index (χ1) is 16.2. The van der Waals surface area contributed by atoms with Gasteiger partial charge in [0.05, 0.1) is 11.3 Å². The Hall–Kier alpha value is -3.25. The van der Waals surface area contributed by atoms with Crippen molar-refractivity contribution in [1.29, 1.82) is 0 Å². The second-order valence-corrected chi connectivity index (χ2v) is 10.1. The van der Waals surface area contributed by atoms with E-state index >= 15 is 0 Å². The number of carbonyl (C=O) groups is 1. The van der Waals surface area contributed by atoms with E-state index in [9.17, 15) is 14.7 Å². The van der Waals surface area contributed by atoms with Crippen LogP contribution in [0.3, 0.4) is 0 Å². The molecule has 1 fully saturated rings. The van der Waals surface area contributed by atoms with E-state index in [1.807, 2.05) is 67.3 Å². The van der Waals surface area contributed by atoms with Gasteiger partial charge in [-0.1, -0.05) is 67.6 Å². The number of aliphatic hydroxyl groups is 1. The minimum Gasteiger partial charge on any atom is -0.389 e. The maximum atomic E-state index is 13.2.